The van der Waals surface area contributed by atoms with Crippen molar-refractivity contribution in [3.63, 3.8) is 0 Å². The highest BCUT2D eigenvalue weighted by atomic mass is 16.5. The minimum absolute atomic E-state index is 0.0198. The smallest absolute Gasteiger partial charge is 0.307 e. The van der Waals surface area contributed by atoms with Crippen LogP contribution in [0.2, 0.25) is 0 Å². The molecule has 0 aromatic heterocycles. The summed E-state index contributed by atoms with van der Waals surface area (Å²) in [7, 11) is 0. The van der Waals surface area contributed by atoms with Crippen LogP contribution in [-0.2, 0) is 17.8 Å². The van der Waals surface area contributed by atoms with Crippen LogP contribution in [0, 0.1) is 0 Å². The van der Waals surface area contributed by atoms with Crippen molar-refractivity contribution in [2.45, 2.75) is 20.0 Å². The fraction of sp³-hybridized carbons (Fsp3) is 0.167. The van der Waals surface area contributed by atoms with E-state index in [1.807, 2.05) is 37.3 Å². The second-order valence-corrected chi connectivity index (χ2v) is 5.05. The molecule has 0 radical (unpaired) electrons. The van der Waals surface area contributed by atoms with E-state index in [4.69, 9.17) is 9.84 Å². The topological polar surface area (TPSA) is 46.5 Å². The van der Waals surface area contributed by atoms with Gasteiger partial charge in [0.2, 0.25) is 0 Å². The summed E-state index contributed by atoms with van der Waals surface area (Å²) in [5.41, 5.74) is 5.11. The van der Waals surface area contributed by atoms with E-state index < -0.39 is 5.97 Å². The number of aliphatic carboxylic acids is 1. The van der Waals surface area contributed by atoms with Crippen molar-refractivity contribution in [3.05, 3.63) is 70.8 Å². The minimum atomic E-state index is -0.827. The van der Waals surface area contributed by atoms with Gasteiger partial charge in [0.25, 0.3) is 0 Å². The van der Waals surface area contributed by atoms with E-state index in [-0.39, 0.29) is 6.42 Å². The van der Waals surface area contributed by atoms with Crippen molar-refractivity contribution in [2.24, 2.45) is 0 Å². The molecule has 0 unspecified atom stereocenters. The molecule has 1 N–H and O–H groups in total. The maximum absolute atomic E-state index is 10.9. The van der Waals surface area contributed by atoms with E-state index in [9.17, 15) is 4.79 Å². The molecule has 1 aliphatic heterocycles. The summed E-state index contributed by atoms with van der Waals surface area (Å²) in [6.07, 6.45) is 2.07. The van der Waals surface area contributed by atoms with Crippen LogP contribution in [0.25, 0.3) is 5.57 Å². The fourth-order valence-electron chi connectivity index (χ4n) is 2.72. The normalized spacial score (nSPS) is 14.8. The molecule has 0 saturated heterocycles. The number of carboxylic acids is 1. The summed E-state index contributed by atoms with van der Waals surface area (Å²) in [6, 6.07) is 13.7. The van der Waals surface area contributed by atoms with Gasteiger partial charge >= 0.3 is 5.97 Å². The Hall–Kier alpha value is -2.55. The largest absolute Gasteiger partial charge is 0.488 e. The molecule has 0 amide bonds. The molecule has 106 valence electrons. The summed E-state index contributed by atoms with van der Waals surface area (Å²) in [5, 5.41) is 8.96. The number of rotatable bonds is 2. The van der Waals surface area contributed by atoms with Gasteiger partial charge in [0.15, 0.2) is 0 Å². The molecule has 2 aromatic carbocycles. The maximum atomic E-state index is 10.9. The molecule has 0 bridgehead atoms. The lowest BCUT2D eigenvalue weighted by atomic mass is 9.93. The van der Waals surface area contributed by atoms with Crippen molar-refractivity contribution in [1.82, 2.24) is 0 Å². The van der Waals surface area contributed by atoms with Crippen LogP contribution in [0.4, 0.5) is 0 Å². The molecule has 1 heterocycles. The number of hydrogen-bond acceptors (Lipinski definition) is 2. The lowest BCUT2D eigenvalue weighted by Gasteiger charge is -2.11. The van der Waals surface area contributed by atoms with Crippen LogP contribution >= 0.6 is 0 Å². The number of carboxylic acid groups (broad SMARTS) is 1. The first-order valence-electron chi connectivity index (χ1n) is 6.91. The Morgan fingerprint density at radius 1 is 1.24 bits per heavy atom. The molecule has 3 heteroatoms. The van der Waals surface area contributed by atoms with E-state index in [1.165, 1.54) is 0 Å². The van der Waals surface area contributed by atoms with Gasteiger partial charge in [-0.1, -0.05) is 36.4 Å². The Labute approximate surface area is 123 Å². The Bertz CT molecular complexity index is 729. The monoisotopic (exact) mass is 280 g/mol. The lowest BCUT2D eigenvalue weighted by molar-refractivity contribution is -0.136. The SMILES string of the molecule is C/C=C1/c2ccccc2COc2ccc(CC(=O)O)cc21. The van der Waals surface area contributed by atoms with Gasteiger partial charge in [-0.2, -0.15) is 0 Å². The van der Waals surface area contributed by atoms with Crippen LogP contribution in [-0.4, -0.2) is 11.1 Å². The predicted octanol–water partition coefficient (Wildman–Crippen LogP) is 3.66. The van der Waals surface area contributed by atoms with Crippen LogP contribution in [0.15, 0.2) is 48.5 Å². The Balaban J connectivity index is 2.14. The molecular formula is C18H16O3. The van der Waals surface area contributed by atoms with Crippen molar-refractivity contribution in [2.75, 3.05) is 0 Å². The van der Waals surface area contributed by atoms with Gasteiger partial charge in [-0.25, -0.2) is 0 Å². The number of carbonyl (C=O) groups is 1. The van der Waals surface area contributed by atoms with Crippen molar-refractivity contribution >= 4 is 11.5 Å². The van der Waals surface area contributed by atoms with Gasteiger partial charge in [0, 0.05) is 5.56 Å². The average Bonchev–Trinajstić information content (AvgIpc) is 2.62. The first-order valence-corrected chi connectivity index (χ1v) is 6.91. The van der Waals surface area contributed by atoms with Crippen LogP contribution < -0.4 is 4.74 Å². The number of hydrogen-bond donors (Lipinski definition) is 1. The Morgan fingerprint density at radius 2 is 2.05 bits per heavy atom. The highest BCUT2D eigenvalue weighted by molar-refractivity contribution is 5.85. The van der Waals surface area contributed by atoms with Gasteiger partial charge < -0.3 is 9.84 Å². The fourth-order valence-corrected chi connectivity index (χ4v) is 2.72. The highest BCUT2D eigenvalue weighted by Gasteiger charge is 2.19. The first-order chi connectivity index (χ1) is 10.2. The molecular weight excluding hydrogens is 264 g/mol. The number of benzene rings is 2. The number of allylic oxidation sites excluding steroid dienone is 1. The van der Waals surface area contributed by atoms with Gasteiger partial charge in [-0.15, -0.1) is 0 Å². The molecule has 3 nitrogen and oxygen atoms in total. The van der Waals surface area contributed by atoms with Gasteiger partial charge in [0.05, 0.1) is 6.42 Å². The third-order valence-electron chi connectivity index (χ3n) is 3.67. The van der Waals surface area contributed by atoms with Gasteiger partial charge in [-0.3, -0.25) is 4.79 Å². The molecule has 3 rings (SSSR count). The number of ether oxygens (including phenoxy) is 1. The third kappa shape index (κ3) is 2.55. The van der Waals surface area contributed by atoms with Gasteiger partial charge in [0.1, 0.15) is 12.4 Å². The summed E-state index contributed by atoms with van der Waals surface area (Å²) >= 11 is 0. The molecule has 0 aliphatic carbocycles. The van der Waals surface area contributed by atoms with E-state index >= 15 is 0 Å². The second-order valence-electron chi connectivity index (χ2n) is 5.05. The quantitative estimate of drug-likeness (QED) is 0.913. The van der Waals surface area contributed by atoms with E-state index in [0.717, 1.165) is 33.6 Å². The average molecular weight is 280 g/mol. The van der Waals surface area contributed by atoms with E-state index in [1.54, 1.807) is 0 Å². The molecule has 0 atom stereocenters. The molecule has 0 spiro atoms. The minimum Gasteiger partial charge on any atom is -0.488 e. The molecule has 0 saturated carbocycles. The van der Waals surface area contributed by atoms with Crippen molar-refractivity contribution in [3.8, 4) is 5.75 Å². The van der Waals surface area contributed by atoms with E-state index in [2.05, 4.69) is 18.2 Å². The zero-order chi connectivity index (χ0) is 14.8. The zero-order valence-electron chi connectivity index (χ0n) is 11.8. The number of fused-ring (bicyclic) bond motifs is 2. The third-order valence-corrected chi connectivity index (χ3v) is 3.67. The van der Waals surface area contributed by atoms with Crippen molar-refractivity contribution in [1.29, 1.82) is 0 Å². The zero-order valence-corrected chi connectivity index (χ0v) is 11.8. The Kier molecular flexibility index (Phi) is 3.48. The molecule has 2 aromatic rings. The van der Waals surface area contributed by atoms with Crippen LogP contribution in [0.5, 0.6) is 5.75 Å². The van der Waals surface area contributed by atoms with Crippen LogP contribution in [0.1, 0.15) is 29.2 Å². The van der Waals surface area contributed by atoms with E-state index in [0.29, 0.717) is 6.61 Å². The lowest BCUT2D eigenvalue weighted by Crippen LogP contribution is -2.01. The van der Waals surface area contributed by atoms with Gasteiger partial charge in [-0.05, 0) is 41.3 Å². The predicted molar refractivity (Wildman–Crippen MR) is 81.3 cm³/mol. The first kappa shape index (κ1) is 13.4. The summed E-state index contributed by atoms with van der Waals surface area (Å²) in [6.45, 7) is 2.52. The highest BCUT2D eigenvalue weighted by Crippen LogP contribution is 2.37. The summed E-state index contributed by atoms with van der Waals surface area (Å²) in [5.74, 6) is -0.0274. The second kappa shape index (κ2) is 5.44. The molecule has 0 fully saturated rings. The maximum Gasteiger partial charge on any atom is 0.307 e. The Morgan fingerprint density at radius 3 is 2.81 bits per heavy atom. The molecule has 21 heavy (non-hydrogen) atoms. The molecule has 1 aliphatic rings. The summed E-state index contributed by atoms with van der Waals surface area (Å²) < 4.78 is 5.88. The van der Waals surface area contributed by atoms with Crippen LogP contribution in [0.3, 0.4) is 0 Å². The van der Waals surface area contributed by atoms with Crippen molar-refractivity contribution < 1.29 is 14.6 Å². The standard InChI is InChI=1S/C18H16O3/c1-2-14-15-6-4-3-5-13(15)11-21-17-8-7-12(9-16(14)17)10-18(19)20/h2-9H,10-11H2,1H3,(H,19,20)/b14-2-. The summed E-state index contributed by atoms with van der Waals surface area (Å²) in [4.78, 5) is 10.9.